The molecular formula is C22H26N2O6. The third-order valence-corrected chi connectivity index (χ3v) is 5.64. The summed E-state index contributed by atoms with van der Waals surface area (Å²) < 4.78 is 0. The van der Waals surface area contributed by atoms with Crippen LogP contribution in [-0.2, 0) is 20.8 Å². The average molecular weight is 414 g/mol. The number of carboxylic acids is 1. The molecule has 2 aliphatic heterocycles. The van der Waals surface area contributed by atoms with Gasteiger partial charge >= 0.3 is 5.97 Å². The van der Waals surface area contributed by atoms with Crippen molar-refractivity contribution in [3.05, 3.63) is 34.9 Å². The van der Waals surface area contributed by atoms with Gasteiger partial charge in [-0.1, -0.05) is 37.8 Å². The quantitative estimate of drug-likeness (QED) is 0.448. The van der Waals surface area contributed by atoms with E-state index in [1.807, 2.05) is 6.07 Å². The minimum absolute atomic E-state index is 0.100. The number of nitrogens with zero attached hydrogens (tertiary/aromatic N) is 1. The van der Waals surface area contributed by atoms with Crippen LogP contribution >= 0.6 is 0 Å². The topological polar surface area (TPSA) is 121 Å². The van der Waals surface area contributed by atoms with Crippen LogP contribution < -0.4 is 5.32 Å². The van der Waals surface area contributed by atoms with Crippen LogP contribution in [0, 0.1) is 0 Å². The van der Waals surface area contributed by atoms with Crippen LogP contribution in [-0.4, -0.2) is 45.6 Å². The van der Waals surface area contributed by atoms with Crippen molar-refractivity contribution in [2.24, 2.45) is 0 Å². The van der Waals surface area contributed by atoms with Gasteiger partial charge in [0.1, 0.15) is 6.04 Å². The third-order valence-electron chi connectivity index (χ3n) is 5.64. The van der Waals surface area contributed by atoms with Crippen LogP contribution in [0.1, 0.15) is 84.1 Å². The molecule has 1 saturated heterocycles. The molecule has 30 heavy (non-hydrogen) atoms. The number of amides is 4. The van der Waals surface area contributed by atoms with Crippen LogP contribution in [0.15, 0.2) is 18.2 Å². The first-order valence-electron chi connectivity index (χ1n) is 10.5. The fourth-order valence-corrected chi connectivity index (χ4v) is 4.09. The summed E-state index contributed by atoms with van der Waals surface area (Å²) in [5, 5.41) is 10.8. The highest BCUT2D eigenvalue weighted by atomic mass is 16.4. The van der Waals surface area contributed by atoms with Crippen LogP contribution in [0.25, 0.3) is 0 Å². The Bertz CT molecular complexity index is 878. The number of aliphatic carboxylic acids is 1. The van der Waals surface area contributed by atoms with Gasteiger partial charge in [-0.05, 0) is 37.3 Å². The molecule has 8 nitrogen and oxygen atoms in total. The molecule has 2 heterocycles. The number of nitrogens with one attached hydrogen (secondary N) is 1. The maximum Gasteiger partial charge on any atom is 0.303 e. The van der Waals surface area contributed by atoms with E-state index in [0.717, 1.165) is 42.6 Å². The molecule has 2 aliphatic rings. The van der Waals surface area contributed by atoms with Crippen molar-refractivity contribution >= 4 is 29.6 Å². The van der Waals surface area contributed by atoms with Crippen LogP contribution in [0.2, 0.25) is 0 Å². The number of benzene rings is 1. The zero-order chi connectivity index (χ0) is 21.7. The van der Waals surface area contributed by atoms with Crippen LogP contribution in [0.4, 0.5) is 0 Å². The minimum Gasteiger partial charge on any atom is -0.481 e. The molecule has 0 aromatic heterocycles. The van der Waals surface area contributed by atoms with Gasteiger partial charge in [0.05, 0.1) is 11.1 Å². The number of fused-ring (bicyclic) bond motifs is 1. The van der Waals surface area contributed by atoms with Crippen LogP contribution in [0.3, 0.4) is 0 Å². The Morgan fingerprint density at radius 3 is 2.40 bits per heavy atom. The fourth-order valence-electron chi connectivity index (χ4n) is 4.09. The molecule has 0 spiro atoms. The van der Waals surface area contributed by atoms with Crippen LogP contribution in [0.5, 0.6) is 0 Å². The van der Waals surface area contributed by atoms with Crippen molar-refractivity contribution in [1.82, 2.24) is 10.2 Å². The lowest BCUT2D eigenvalue weighted by molar-refractivity contribution is -0.138. The van der Waals surface area contributed by atoms with Gasteiger partial charge in [-0.3, -0.25) is 34.2 Å². The number of rotatable bonds is 10. The molecule has 2 N–H and O–H groups in total. The van der Waals surface area contributed by atoms with Crippen molar-refractivity contribution in [1.29, 1.82) is 0 Å². The monoisotopic (exact) mass is 414 g/mol. The lowest BCUT2D eigenvalue weighted by atomic mass is 9.97. The fraction of sp³-hybridized carbons (Fsp3) is 0.500. The van der Waals surface area contributed by atoms with Gasteiger partial charge in [0.25, 0.3) is 11.8 Å². The lowest BCUT2D eigenvalue weighted by Gasteiger charge is -2.27. The predicted octanol–water partition coefficient (Wildman–Crippen LogP) is 2.45. The smallest absolute Gasteiger partial charge is 0.303 e. The summed E-state index contributed by atoms with van der Waals surface area (Å²) in [5.74, 6) is -2.71. The minimum atomic E-state index is -0.950. The molecule has 1 unspecified atom stereocenters. The largest absolute Gasteiger partial charge is 0.481 e. The number of carbonyl (C=O) groups is 5. The maximum absolute atomic E-state index is 13.0. The van der Waals surface area contributed by atoms with Gasteiger partial charge < -0.3 is 5.11 Å². The molecule has 1 atom stereocenters. The molecule has 0 saturated carbocycles. The highest BCUT2D eigenvalue weighted by molar-refractivity contribution is 6.24. The average Bonchev–Trinajstić information content (AvgIpc) is 2.95. The van der Waals surface area contributed by atoms with Crippen molar-refractivity contribution in [3.8, 4) is 0 Å². The molecule has 8 heteroatoms. The zero-order valence-corrected chi connectivity index (χ0v) is 16.8. The third kappa shape index (κ3) is 4.75. The number of hydrogen-bond donors (Lipinski definition) is 2. The standard InChI is InChI=1S/C22H26N2O6/c25-17-13-12-16(20(28)23-17)24-21(29)15-10-7-9-14(19(15)22(24)30)8-5-3-1-2-4-6-11-18(26)27/h7,9-10,16H,1-6,8,11-13H2,(H,26,27)(H,23,25,28). The molecule has 1 aromatic rings. The summed E-state index contributed by atoms with van der Waals surface area (Å²) in [6, 6.07) is 4.24. The molecule has 1 fully saturated rings. The predicted molar refractivity (Wildman–Crippen MR) is 107 cm³/mol. The Morgan fingerprint density at radius 2 is 1.70 bits per heavy atom. The summed E-state index contributed by atoms with van der Waals surface area (Å²) in [6.07, 6.45) is 6.46. The maximum atomic E-state index is 13.0. The normalized spacial score (nSPS) is 18.5. The van der Waals surface area contributed by atoms with E-state index >= 15 is 0 Å². The second-order valence-electron chi connectivity index (χ2n) is 7.80. The summed E-state index contributed by atoms with van der Waals surface area (Å²) >= 11 is 0. The van der Waals surface area contributed by atoms with Gasteiger partial charge in [-0.15, -0.1) is 0 Å². The van der Waals surface area contributed by atoms with Gasteiger partial charge in [0, 0.05) is 12.8 Å². The van der Waals surface area contributed by atoms with E-state index in [9.17, 15) is 24.0 Å². The number of imide groups is 2. The Morgan fingerprint density at radius 1 is 1.00 bits per heavy atom. The van der Waals surface area contributed by atoms with E-state index in [1.165, 1.54) is 0 Å². The summed E-state index contributed by atoms with van der Waals surface area (Å²) in [4.78, 5) is 60.9. The Labute approximate surface area is 174 Å². The first-order chi connectivity index (χ1) is 14.4. The van der Waals surface area contributed by atoms with Crippen molar-refractivity contribution in [2.45, 2.75) is 70.3 Å². The van der Waals surface area contributed by atoms with E-state index < -0.39 is 35.6 Å². The number of carboxylic acid groups (broad SMARTS) is 1. The highest BCUT2D eigenvalue weighted by Crippen LogP contribution is 2.30. The summed E-state index contributed by atoms with van der Waals surface area (Å²) in [6.45, 7) is 0. The Balaban J connectivity index is 1.58. The molecular weight excluding hydrogens is 388 g/mol. The van der Waals surface area contributed by atoms with E-state index in [-0.39, 0.29) is 19.3 Å². The Kier molecular flexibility index (Phi) is 6.97. The first kappa shape index (κ1) is 21.7. The molecule has 0 radical (unpaired) electrons. The molecule has 4 amide bonds. The van der Waals surface area contributed by atoms with Gasteiger partial charge in [0.15, 0.2) is 0 Å². The van der Waals surface area contributed by atoms with E-state index in [2.05, 4.69) is 5.32 Å². The number of hydrogen-bond acceptors (Lipinski definition) is 5. The SMILES string of the molecule is O=C(O)CCCCCCCCc1cccc2c1C(=O)N(C1CCC(=O)NC1=O)C2=O. The lowest BCUT2D eigenvalue weighted by Crippen LogP contribution is -2.54. The van der Waals surface area contributed by atoms with Gasteiger partial charge in [-0.2, -0.15) is 0 Å². The van der Waals surface area contributed by atoms with E-state index in [4.69, 9.17) is 5.11 Å². The number of unbranched alkanes of at least 4 members (excludes halogenated alkanes) is 5. The molecule has 3 rings (SSSR count). The highest BCUT2D eigenvalue weighted by Gasteiger charge is 2.45. The van der Waals surface area contributed by atoms with E-state index in [1.54, 1.807) is 12.1 Å². The Hall–Kier alpha value is -3.03. The second kappa shape index (κ2) is 9.65. The number of carbonyl (C=O) groups excluding carboxylic acids is 4. The summed E-state index contributed by atoms with van der Waals surface area (Å²) in [7, 11) is 0. The molecule has 1 aromatic carbocycles. The number of piperidine rings is 1. The van der Waals surface area contributed by atoms with Crippen molar-refractivity contribution < 1.29 is 29.1 Å². The molecule has 160 valence electrons. The zero-order valence-electron chi connectivity index (χ0n) is 16.8. The van der Waals surface area contributed by atoms with Gasteiger partial charge in [-0.25, -0.2) is 0 Å². The number of aryl methyl sites for hydroxylation is 1. The first-order valence-corrected chi connectivity index (χ1v) is 10.5. The molecule has 0 aliphatic carbocycles. The van der Waals surface area contributed by atoms with E-state index in [0.29, 0.717) is 24.0 Å². The summed E-state index contributed by atoms with van der Waals surface area (Å²) in [5.41, 5.74) is 1.48. The van der Waals surface area contributed by atoms with Crippen molar-refractivity contribution in [2.75, 3.05) is 0 Å². The second-order valence-corrected chi connectivity index (χ2v) is 7.80. The molecule has 0 bridgehead atoms. The van der Waals surface area contributed by atoms with Crippen molar-refractivity contribution in [3.63, 3.8) is 0 Å². The van der Waals surface area contributed by atoms with Gasteiger partial charge in [0.2, 0.25) is 11.8 Å².